The molecule has 11 heavy (non-hydrogen) atoms. The Labute approximate surface area is 66.8 Å². The summed E-state index contributed by atoms with van der Waals surface area (Å²) in [6, 6.07) is 3.32. The quantitative estimate of drug-likeness (QED) is 0.618. The largest absolute Gasteiger partial charge is 0.366 e. The van der Waals surface area contributed by atoms with Gasteiger partial charge >= 0.3 is 0 Å². The van der Waals surface area contributed by atoms with Gasteiger partial charge in [0.15, 0.2) is 10.8 Å². The van der Waals surface area contributed by atoms with Crippen LogP contribution in [0.4, 0.5) is 5.95 Å². The van der Waals surface area contributed by atoms with E-state index in [9.17, 15) is 0 Å². The molecule has 2 rings (SSSR count). The second-order valence-corrected chi connectivity index (χ2v) is 2.36. The van der Waals surface area contributed by atoms with E-state index in [0.29, 0.717) is 10.8 Å². The SMILES string of the molecule is Nc1nc2ccc(Cl)nn2n1. The minimum absolute atomic E-state index is 0.194. The highest BCUT2D eigenvalue weighted by molar-refractivity contribution is 6.29. The molecule has 0 aliphatic rings. The van der Waals surface area contributed by atoms with E-state index in [1.54, 1.807) is 12.1 Å². The molecule has 0 bridgehead atoms. The predicted molar refractivity (Wildman–Crippen MR) is 40.2 cm³/mol. The summed E-state index contributed by atoms with van der Waals surface area (Å²) in [6.45, 7) is 0. The number of nitrogens with zero attached hydrogens (tertiary/aromatic N) is 4. The molecule has 2 aromatic heterocycles. The van der Waals surface area contributed by atoms with E-state index in [1.165, 1.54) is 4.63 Å². The number of anilines is 1. The Morgan fingerprint density at radius 2 is 2.18 bits per heavy atom. The van der Waals surface area contributed by atoms with Crippen LogP contribution in [-0.4, -0.2) is 19.8 Å². The Hall–Kier alpha value is -1.36. The number of aromatic nitrogens is 4. The lowest BCUT2D eigenvalue weighted by Crippen LogP contribution is -1.93. The third-order valence-electron chi connectivity index (χ3n) is 1.19. The van der Waals surface area contributed by atoms with E-state index >= 15 is 0 Å². The first-order valence-electron chi connectivity index (χ1n) is 2.91. The van der Waals surface area contributed by atoms with Gasteiger partial charge in [0.05, 0.1) is 0 Å². The molecule has 0 fully saturated rings. The molecule has 2 N–H and O–H groups in total. The summed E-state index contributed by atoms with van der Waals surface area (Å²) >= 11 is 5.59. The molecule has 0 aromatic carbocycles. The summed E-state index contributed by atoms with van der Waals surface area (Å²) in [5, 5.41) is 7.95. The van der Waals surface area contributed by atoms with Crippen LogP contribution in [0.3, 0.4) is 0 Å². The standard InChI is InChI=1S/C5H4ClN5/c6-3-1-2-4-8-5(7)10-11(4)9-3/h1-2H,(H2,7,10). The van der Waals surface area contributed by atoms with E-state index in [-0.39, 0.29) is 5.95 Å². The van der Waals surface area contributed by atoms with E-state index in [4.69, 9.17) is 17.3 Å². The smallest absolute Gasteiger partial charge is 0.242 e. The summed E-state index contributed by atoms with van der Waals surface area (Å²) in [5.74, 6) is 0.194. The van der Waals surface area contributed by atoms with Crippen molar-refractivity contribution in [1.82, 2.24) is 19.8 Å². The van der Waals surface area contributed by atoms with Crippen LogP contribution in [0.1, 0.15) is 0 Å². The van der Waals surface area contributed by atoms with Crippen molar-refractivity contribution in [2.45, 2.75) is 0 Å². The Morgan fingerprint density at radius 3 is 3.00 bits per heavy atom. The first-order valence-corrected chi connectivity index (χ1v) is 3.28. The van der Waals surface area contributed by atoms with Crippen LogP contribution < -0.4 is 5.73 Å². The lowest BCUT2D eigenvalue weighted by Gasteiger charge is -1.87. The van der Waals surface area contributed by atoms with Gasteiger partial charge in [0.1, 0.15) is 0 Å². The van der Waals surface area contributed by atoms with Gasteiger partial charge < -0.3 is 5.73 Å². The Balaban J connectivity index is 2.82. The number of hydrogen-bond acceptors (Lipinski definition) is 4. The molecular formula is C5H4ClN5. The maximum atomic E-state index is 5.59. The Kier molecular flexibility index (Phi) is 1.19. The van der Waals surface area contributed by atoms with Crippen molar-refractivity contribution in [3.05, 3.63) is 17.3 Å². The lowest BCUT2D eigenvalue weighted by molar-refractivity contribution is 0.804. The van der Waals surface area contributed by atoms with Gasteiger partial charge in [-0.05, 0) is 12.1 Å². The number of rotatable bonds is 0. The first kappa shape index (κ1) is 6.36. The minimum atomic E-state index is 0.194. The second kappa shape index (κ2) is 2.06. The predicted octanol–water partition coefficient (Wildman–Crippen LogP) is 0.360. The van der Waals surface area contributed by atoms with Crippen LogP contribution >= 0.6 is 11.6 Å². The monoisotopic (exact) mass is 169 g/mol. The van der Waals surface area contributed by atoms with Crippen LogP contribution in [0.2, 0.25) is 5.15 Å². The molecule has 2 aromatic rings. The van der Waals surface area contributed by atoms with Gasteiger partial charge in [-0.2, -0.15) is 4.98 Å². The average Bonchev–Trinajstić information content (AvgIpc) is 2.27. The van der Waals surface area contributed by atoms with Gasteiger partial charge in [-0.3, -0.25) is 0 Å². The molecule has 0 saturated carbocycles. The molecule has 0 aliphatic carbocycles. The number of halogens is 1. The zero-order valence-electron chi connectivity index (χ0n) is 5.40. The highest BCUT2D eigenvalue weighted by atomic mass is 35.5. The Bertz CT molecular complexity index is 395. The first-order chi connectivity index (χ1) is 5.25. The van der Waals surface area contributed by atoms with Gasteiger partial charge in [0.2, 0.25) is 5.95 Å². The highest BCUT2D eigenvalue weighted by Crippen LogP contribution is 2.05. The van der Waals surface area contributed by atoms with Crippen molar-refractivity contribution in [2.75, 3.05) is 5.73 Å². The molecule has 0 radical (unpaired) electrons. The Morgan fingerprint density at radius 1 is 1.36 bits per heavy atom. The third-order valence-corrected chi connectivity index (χ3v) is 1.39. The van der Waals surface area contributed by atoms with Crippen LogP contribution in [0.15, 0.2) is 12.1 Å². The molecule has 0 amide bonds. The van der Waals surface area contributed by atoms with Crippen molar-refractivity contribution in [1.29, 1.82) is 0 Å². The van der Waals surface area contributed by atoms with E-state index in [0.717, 1.165) is 0 Å². The van der Waals surface area contributed by atoms with Gasteiger partial charge in [-0.25, -0.2) is 0 Å². The number of hydrogen-bond donors (Lipinski definition) is 1. The maximum absolute atomic E-state index is 5.59. The van der Waals surface area contributed by atoms with Crippen LogP contribution in [0, 0.1) is 0 Å². The number of nitrogens with two attached hydrogens (primary N) is 1. The van der Waals surface area contributed by atoms with Crippen molar-refractivity contribution in [2.24, 2.45) is 0 Å². The molecule has 6 heteroatoms. The molecule has 0 spiro atoms. The molecule has 0 unspecified atom stereocenters. The molecule has 5 nitrogen and oxygen atoms in total. The van der Waals surface area contributed by atoms with E-state index < -0.39 is 0 Å². The normalized spacial score (nSPS) is 10.6. The molecule has 0 atom stereocenters. The lowest BCUT2D eigenvalue weighted by atomic mass is 10.6. The average molecular weight is 170 g/mol. The summed E-state index contributed by atoms with van der Waals surface area (Å²) in [6.07, 6.45) is 0. The summed E-state index contributed by atoms with van der Waals surface area (Å²) < 4.78 is 1.29. The van der Waals surface area contributed by atoms with Crippen LogP contribution in [-0.2, 0) is 0 Å². The van der Waals surface area contributed by atoms with Crippen molar-refractivity contribution >= 4 is 23.2 Å². The summed E-state index contributed by atoms with van der Waals surface area (Å²) in [4.78, 5) is 3.86. The van der Waals surface area contributed by atoms with Gasteiger partial charge in [-0.15, -0.1) is 14.8 Å². The summed E-state index contributed by atoms with van der Waals surface area (Å²) in [7, 11) is 0. The van der Waals surface area contributed by atoms with Crippen molar-refractivity contribution in [3.8, 4) is 0 Å². The fourth-order valence-electron chi connectivity index (χ4n) is 0.777. The molecule has 0 aliphatic heterocycles. The molecule has 2 heterocycles. The molecule has 0 saturated heterocycles. The van der Waals surface area contributed by atoms with Crippen molar-refractivity contribution in [3.63, 3.8) is 0 Å². The maximum Gasteiger partial charge on any atom is 0.242 e. The fraction of sp³-hybridized carbons (Fsp3) is 0. The highest BCUT2D eigenvalue weighted by Gasteiger charge is 1.99. The zero-order chi connectivity index (χ0) is 7.84. The van der Waals surface area contributed by atoms with E-state index in [1.807, 2.05) is 0 Å². The fourth-order valence-corrected chi connectivity index (χ4v) is 0.912. The van der Waals surface area contributed by atoms with Gasteiger partial charge in [0, 0.05) is 0 Å². The zero-order valence-corrected chi connectivity index (χ0v) is 6.15. The van der Waals surface area contributed by atoms with Crippen LogP contribution in [0.5, 0.6) is 0 Å². The third kappa shape index (κ3) is 0.988. The van der Waals surface area contributed by atoms with Crippen molar-refractivity contribution < 1.29 is 0 Å². The minimum Gasteiger partial charge on any atom is -0.366 e. The number of fused-ring (bicyclic) bond motifs is 1. The molecular weight excluding hydrogens is 166 g/mol. The van der Waals surface area contributed by atoms with E-state index in [2.05, 4.69) is 15.2 Å². The second-order valence-electron chi connectivity index (χ2n) is 1.97. The molecule has 56 valence electrons. The van der Waals surface area contributed by atoms with Gasteiger partial charge in [0.25, 0.3) is 0 Å². The number of nitrogen functional groups attached to an aromatic ring is 1. The van der Waals surface area contributed by atoms with Gasteiger partial charge in [-0.1, -0.05) is 11.6 Å². The van der Waals surface area contributed by atoms with Crippen LogP contribution in [0.25, 0.3) is 5.65 Å². The summed E-state index contributed by atoms with van der Waals surface area (Å²) in [5.41, 5.74) is 5.90. The topological polar surface area (TPSA) is 69.1 Å².